The van der Waals surface area contributed by atoms with Crippen LogP contribution in [0.5, 0.6) is 0 Å². The van der Waals surface area contributed by atoms with Crippen molar-refractivity contribution in [1.82, 2.24) is 0 Å². The fourth-order valence-corrected chi connectivity index (χ4v) is 5.61. The maximum Gasteiger partial charge on any atom is 0.472 e. The number of ether oxygens (including phenoxy) is 2. The molecule has 0 aromatic heterocycles. The first-order valence-corrected chi connectivity index (χ1v) is 21.6. The van der Waals surface area contributed by atoms with Crippen LogP contribution < -0.4 is 5.73 Å². The SMILES string of the molecule is CC/C=C\C/C=C\C/C=C\C/C=C\C/C=C\C/C=C\C/C=C\CCCCCCCC(=O)OC(COC(=O)CCCCCCC)COP(=O)(O)OCCN. The summed E-state index contributed by atoms with van der Waals surface area (Å²) in [6.45, 7) is 3.46. The summed E-state index contributed by atoms with van der Waals surface area (Å²) in [5.41, 5.74) is 5.31. The van der Waals surface area contributed by atoms with E-state index < -0.39 is 32.5 Å². The smallest absolute Gasteiger partial charge is 0.462 e. The molecule has 0 amide bonds. The third kappa shape index (κ3) is 38.7. The quantitative estimate of drug-likeness (QED) is 0.0277. The van der Waals surface area contributed by atoms with Crippen molar-refractivity contribution < 1.29 is 37.6 Å². The highest BCUT2D eigenvalue weighted by atomic mass is 31.2. The van der Waals surface area contributed by atoms with E-state index in [-0.39, 0.29) is 32.6 Å². The van der Waals surface area contributed by atoms with Crippen LogP contribution in [0.25, 0.3) is 0 Å². The molecule has 0 radical (unpaired) electrons. The van der Waals surface area contributed by atoms with Crippen molar-refractivity contribution in [2.45, 2.75) is 148 Å². The van der Waals surface area contributed by atoms with Gasteiger partial charge in [0.2, 0.25) is 0 Å². The molecule has 0 aliphatic heterocycles. The van der Waals surface area contributed by atoms with Gasteiger partial charge in [0, 0.05) is 19.4 Å². The van der Waals surface area contributed by atoms with Gasteiger partial charge in [-0.1, -0.05) is 144 Å². The van der Waals surface area contributed by atoms with Crippen LogP contribution in [0.15, 0.2) is 85.1 Å². The van der Waals surface area contributed by atoms with Gasteiger partial charge in [-0.05, 0) is 70.6 Å². The van der Waals surface area contributed by atoms with Gasteiger partial charge in [-0.2, -0.15) is 0 Å². The highest BCUT2D eigenvalue weighted by molar-refractivity contribution is 7.47. The predicted molar refractivity (Wildman–Crippen MR) is 219 cm³/mol. The summed E-state index contributed by atoms with van der Waals surface area (Å²) in [7, 11) is -4.37. The van der Waals surface area contributed by atoms with Gasteiger partial charge in [-0.15, -0.1) is 0 Å². The predicted octanol–water partition coefficient (Wildman–Crippen LogP) is 11.3. The van der Waals surface area contributed by atoms with Crippen molar-refractivity contribution in [1.29, 1.82) is 0 Å². The molecule has 0 saturated heterocycles. The Morgan fingerprint density at radius 2 is 1.04 bits per heavy atom. The second-order valence-corrected chi connectivity index (χ2v) is 14.2. The van der Waals surface area contributed by atoms with Crippen LogP contribution in [0.4, 0.5) is 0 Å². The first-order chi connectivity index (χ1) is 25.8. The summed E-state index contributed by atoms with van der Waals surface area (Å²) in [5.74, 6) is -0.875. The molecule has 0 heterocycles. The largest absolute Gasteiger partial charge is 0.472 e. The summed E-state index contributed by atoms with van der Waals surface area (Å²) in [5, 5.41) is 0. The lowest BCUT2D eigenvalue weighted by atomic mass is 10.1. The van der Waals surface area contributed by atoms with E-state index in [9.17, 15) is 19.0 Å². The molecular weight excluding hydrogens is 689 g/mol. The first-order valence-electron chi connectivity index (χ1n) is 20.1. The molecule has 0 aromatic carbocycles. The molecule has 0 rings (SSSR count). The summed E-state index contributed by atoms with van der Waals surface area (Å²) >= 11 is 0. The van der Waals surface area contributed by atoms with Gasteiger partial charge < -0.3 is 20.1 Å². The van der Waals surface area contributed by atoms with Gasteiger partial charge in [0.1, 0.15) is 6.61 Å². The van der Waals surface area contributed by atoms with Crippen LogP contribution in [0.3, 0.4) is 0 Å². The second kappa shape index (κ2) is 38.9. The number of unbranched alkanes of at least 4 members (excludes halogenated alkanes) is 9. The van der Waals surface area contributed by atoms with Crippen LogP contribution in [-0.4, -0.2) is 49.3 Å². The number of carbonyl (C=O) groups is 2. The lowest BCUT2D eigenvalue weighted by Crippen LogP contribution is -2.29. The molecule has 0 bridgehead atoms. The molecule has 302 valence electrons. The van der Waals surface area contributed by atoms with Crippen LogP contribution in [-0.2, 0) is 32.7 Å². The van der Waals surface area contributed by atoms with Gasteiger partial charge in [0.05, 0.1) is 13.2 Å². The van der Waals surface area contributed by atoms with Crippen molar-refractivity contribution in [2.24, 2.45) is 5.73 Å². The Balaban J connectivity index is 4.08. The highest BCUT2D eigenvalue weighted by Gasteiger charge is 2.25. The molecule has 2 atom stereocenters. The Labute approximate surface area is 322 Å². The van der Waals surface area contributed by atoms with Gasteiger partial charge in [-0.25, -0.2) is 4.57 Å². The minimum absolute atomic E-state index is 0.0456. The van der Waals surface area contributed by atoms with Crippen molar-refractivity contribution >= 4 is 19.8 Å². The van der Waals surface area contributed by atoms with E-state index in [2.05, 4.69) is 98.9 Å². The minimum Gasteiger partial charge on any atom is -0.462 e. The number of hydrogen-bond donors (Lipinski definition) is 2. The Kier molecular flexibility index (Phi) is 36.8. The molecule has 0 saturated carbocycles. The number of allylic oxidation sites excluding steroid dienone is 14. The molecule has 2 unspecified atom stereocenters. The molecule has 0 spiro atoms. The third-order valence-corrected chi connectivity index (χ3v) is 8.78. The van der Waals surface area contributed by atoms with Crippen LogP contribution in [0.1, 0.15) is 142 Å². The number of esters is 2. The average molecular weight is 762 g/mol. The summed E-state index contributed by atoms with van der Waals surface area (Å²) in [4.78, 5) is 34.4. The molecule has 9 nitrogen and oxygen atoms in total. The molecule has 0 fully saturated rings. The molecule has 0 aliphatic carbocycles. The van der Waals surface area contributed by atoms with E-state index >= 15 is 0 Å². The molecule has 0 aliphatic rings. The maximum atomic E-state index is 12.5. The van der Waals surface area contributed by atoms with E-state index in [4.69, 9.17) is 24.3 Å². The van der Waals surface area contributed by atoms with Crippen molar-refractivity contribution in [3.63, 3.8) is 0 Å². The number of hydrogen-bond acceptors (Lipinski definition) is 8. The van der Waals surface area contributed by atoms with E-state index in [1.807, 2.05) is 0 Å². The zero-order valence-electron chi connectivity index (χ0n) is 33.0. The van der Waals surface area contributed by atoms with E-state index in [1.165, 1.54) is 0 Å². The van der Waals surface area contributed by atoms with E-state index in [0.717, 1.165) is 109 Å². The summed E-state index contributed by atoms with van der Waals surface area (Å²) < 4.78 is 32.4. The first kappa shape index (κ1) is 50.2. The minimum atomic E-state index is -4.37. The Hall–Kier alpha value is -2.81. The highest BCUT2D eigenvalue weighted by Crippen LogP contribution is 2.43. The third-order valence-electron chi connectivity index (χ3n) is 7.80. The second-order valence-electron chi connectivity index (χ2n) is 12.8. The molecule has 3 N–H and O–H groups in total. The van der Waals surface area contributed by atoms with Crippen molar-refractivity contribution in [3.05, 3.63) is 85.1 Å². The van der Waals surface area contributed by atoms with Gasteiger partial charge in [-0.3, -0.25) is 18.6 Å². The monoisotopic (exact) mass is 761 g/mol. The molecular formula is C43H72NO8P. The Bertz CT molecular complexity index is 1140. The van der Waals surface area contributed by atoms with Gasteiger partial charge >= 0.3 is 19.8 Å². The topological polar surface area (TPSA) is 134 Å². The molecule has 10 heteroatoms. The maximum absolute atomic E-state index is 12.5. The number of carbonyl (C=O) groups excluding carboxylic acids is 2. The summed E-state index contributed by atoms with van der Waals surface area (Å²) in [6, 6.07) is 0. The number of rotatable bonds is 36. The normalized spacial score (nSPS) is 14.3. The van der Waals surface area contributed by atoms with Crippen LogP contribution in [0, 0.1) is 0 Å². The Morgan fingerprint density at radius 1 is 0.585 bits per heavy atom. The molecule has 0 aromatic rings. The van der Waals surface area contributed by atoms with E-state index in [0.29, 0.717) is 6.42 Å². The summed E-state index contributed by atoms with van der Waals surface area (Å²) in [6.07, 6.45) is 48.1. The fourth-order valence-electron chi connectivity index (χ4n) is 4.85. The van der Waals surface area contributed by atoms with Gasteiger partial charge in [0.25, 0.3) is 0 Å². The lowest BCUT2D eigenvalue weighted by Gasteiger charge is -2.19. The van der Waals surface area contributed by atoms with Crippen molar-refractivity contribution in [2.75, 3.05) is 26.4 Å². The van der Waals surface area contributed by atoms with Gasteiger partial charge in [0.15, 0.2) is 6.10 Å². The average Bonchev–Trinajstić information content (AvgIpc) is 3.14. The number of phosphoric acid groups is 1. The molecule has 53 heavy (non-hydrogen) atoms. The fraction of sp³-hybridized carbons (Fsp3) is 0.628. The van der Waals surface area contributed by atoms with Crippen LogP contribution in [0.2, 0.25) is 0 Å². The Morgan fingerprint density at radius 3 is 1.55 bits per heavy atom. The zero-order valence-corrected chi connectivity index (χ0v) is 33.9. The zero-order chi connectivity index (χ0) is 38.9. The number of phosphoric ester groups is 1. The van der Waals surface area contributed by atoms with Crippen LogP contribution >= 0.6 is 7.82 Å². The standard InChI is InChI=1S/C43H72NO8P/c1-3-5-7-9-10-11-12-13-14-15-16-17-18-19-20-21-22-23-24-25-26-27-28-29-30-32-34-36-43(46)52-41(40-51-53(47,48)50-38-37-44)39-49-42(45)35-33-31-8-6-4-2/h5,7,10-11,13-14,16-17,19-20,22-23,25-26,41H,3-4,6,8-9,12,15,18,21,24,27-40,44H2,1-2H3,(H,47,48)/b7-5-,11-10-,14-13-,17-16-,20-19-,23-22-,26-25-. The lowest BCUT2D eigenvalue weighted by molar-refractivity contribution is -0.161. The van der Waals surface area contributed by atoms with Crippen molar-refractivity contribution in [3.8, 4) is 0 Å². The van der Waals surface area contributed by atoms with E-state index in [1.54, 1.807) is 0 Å². The number of nitrogens with two attached hydrogens (primary N) is 1.